The van der Waals surface area contributed by atoms with E-state index >= 15 is 0 Å². The molecule has 11 heteroatoms. The number of amides is 4. The lowest BCUT2D eigenvalue weighted by molar-refractivity contribution is -0.149. The number of hydrogen-bond acceptors (Lipinski definition) is 7. The van der Waals surface area contributed by atoms with Gasteiger partial charge in [0.1, 0.15) is 24.2 Å². The van der Waals surface area contributed by atoms with E-state index in [0.717, 1.165) is 0 Å². The van der Waals surface area contributed by atoms with Crippen LogP contribution in [-0.4, -0.2) is 93.1 Å². The number of carbonyl (C=O) groups excluding carboxylic acids is 4. The first-order chi connectivity index (χ1) is 13.9. The molecule has 1 saturated heterocycles. The van der Waals surface area contributed by atoms with Gasteiger partial charge in [0.25, 0.3) is 0 Å². The average Bonchev–Trinajstić information content (AvgIpc) is 3.17. The molecule has 1 rings (SSSR count). The van der Waals surface area contributed by atoms with Crippen LogP contribution in [0.25, 0.3) is 0 Å². The van der Waals surface area contributed by atoms with Gasteiger partial charge in [0, 0.05) is 13.1 Å². The van der Waals surface area contributed by atoms with E-state index in [1.807, 2.05) is 6.92 Å². The third-order valence-corrected chi connectivity index (χ3v) is 5.30. The average molecular weight is 430 g/mol. The highest BCUT2D eigenvalue weighted by molar-refractivity contribution is 5.95. The SMILES string of the molecule is CCCN(C(=O)[C@@H](N)[C@@H](C)O)C(C)C(=O)N1CCC[C@H]1C(=O)N[C@H](C(N)=O)[C@@H](C)O. The number of carbonyl (C=O) groups is 4. The number of rotatable bonds is 10. The van der Waals surface area contributed by atoms with E-state index in [4.69, 9.17) is 11.5 Å². The highest BCUT2D eigenvalue weighted by Crippen LogP contribution is 2.21. The van der Waals surface area contributed by atoms with Gasteiger partial charge < -0.3 is 36.8 Å². The lowest BCUT2D eigenvalue weighted by atomic mass is 10.1. The molecule has 172 valence electrons. The van der Waals surface area contributed by atoms with Gasteiger partial charge in [-0.3, -0.25) is 19.2 Å². The van der Waals surface area contributed by atoms with Crippen molar-refractivity contribution in [1.29, 1.82) is 0 Å². The number of nitrogens with one attached hydrogen (secondary N) is 1. The second-order valence-corrected chi connectivity index (χ2v) is 7.79. The van der Waals surface area contributed by atoms with Gasteiger partial charge in [-0.05, 0) is 40.0 Å². The molecule has 0 bridgehead atoms. The topological polar surface area (TPSA) is 179 Å². The molecule has 1 aliphatic heterocycles. The van der Waals surface area contributed by atoms with Crippen molar-refractivity contribution in [3.63, 3.8) is 0 Å². The molecule has 0 aromatic heterocycles. The minimum absolute atomic E-state index is 0.267. The summed E-state index contributed by atoms with van der Waals surface area (Å²) >= 11 is 0. The quantitative estimate of drug-likeness (QED) is 0.258. The molecule has 4 amide bonds. The fourth-order valence-corrected chi connectivity index (χ4v) is 3.49. The number of likely N-dealkylation sites (tertiary alicyclic amines) is 1. The molecule has 0 radical (unpaired) electrons. The summed E-state index contributed by atoms with van der Waals surface area (Å²) in [5.74, 6) is -2.45. The molecule has 1 heterocycles. The predicted molar refractivity (Wildman–Crippen MR) is 109 cm³/mol. The minimum Gasteiger partial charge on any atom is -0.391 e. The second kappa shape index (κ2) is 11.2. The van der Waals surface area contributed by atoms with Gasteiger partial charge in [-0.1, -0.05) is 6.92 Å². The monoisotopic (exact) mass is 429 g/mol. The van der Waals surface area contributed by atoms with Gasteiger partial charge in [-0.25, -0.2) is 0 Å². The van der Waals surface area contributed by atoms with Crippen LogP contribution >= 0.6 is 0 Å². The molecule has 6 atom stereocenters. The lowest BCUT2D eigenvalue weighted by Gasteiger charge is -2.35. The fourth-order valence-electron chi connectivity index (χ4n) is 3.49. The summed E-state index contributed by atoms with van der Waals surface area (Å²) in [5, 5.41) is 21.7. The number of nitrogens with two attached hydrogens (primary N) is 2. The van der Waals surface area contributed by atoms with Crippen molar-refractivity contribution in [2.24, 2.45) is 11.5 Å². The standard InChI is InChI=1S/C19H35N5O6/c1-5-8-23(19(30)14(20)11(3)25)10(2)18(29)24-9-6-7-13(24)17(28)22-15(12(4)26)16(21)27/h10-15,25-26H,5-9,20H2,1-4H3,(H2,21,27)(H,22,28)/t10?,11-,12-,13+,14+,15+/m1/s1. The third kappa shape index (κ3) is 6.13. The smallest absolute Gasteiger partial charge is 0.245 e. The maximum atomic E-state index is 13.1. The van der Waals surface area contributed by atoms with E-state index < -0.39 is 60.0 Å². The van der Waals surface area contributed by atoms with Crippen molar-refractivity contribution in [2.45, 2.75) is 83.3 Å². The molecule has 1 aliphatic rings. The van der Waals surface area contributed by atoms with Crippen molar-refractivity contribution >= 4 is 23.6 Å². The highest BCUT2D eigenvalue weighted by atomic mass is 16.3. The predicted octanol–water partition coefficient (Wildman–Crippen LogP) is -2.34. The Morgan fingerprint density at radius 2 is 1.77 bits per heavy atom. The van der Waals surface area contributed by atoms with Crippen LogP contribution in [0.15, 0.2) is 0 Å². The zero-order chi connectivity index (χ0) is 23.2. The van der Waals surface area contributed by atoms with Crippen molar-refractivity contribution in [2.75, 3.05) is 13.1 Å². The Kier molecular flexibility index (Phi) is 9.66. The van der Waals surface area contributed by atoms with Gasteiger partial charge in [-0.2, -0.15) is 0 Å². The molecular formula is C19H35N5O6. The van der Waals surface area contributed by atoms with E-state index in [0.29, 0.717) is 25.8 Å². The maximum absolute atomic E-state index is 13.1. The summed E-state index contributed by atoms with van der Waals surface area (Å²) in [4.78, 5) is 52.6. The summed E-state index contributed by atoms with van der Waals surface area (Å²) in [6, 6.07) is -4.16. The van der Waals surface area contributed by atoms with Gasteiger partial charge in [0.2, 0.25) is 23.6 Å². The Morgan fingerprint density at radius 3 is 2.23 bits per heavy atom. The van der Waals surface area contributed by atoms with Crippen LogP contribution in [0.5, 0.6) is 0 Å². The van der Waals surface area contributed by atoms with Crippen LogP contribution in [0.2, 0.25) is 0 Å². The van der Waals surface area contributed by atoms with Crippen LogP contribution in [0.4, 0.5) is 0 Å². The van der Waals surface area contributed by atoms with E-state index in [1.54, 1.807) is 6.92 Å². The Labute approximate surface area is 176 Å². The molecule has 1 unspecified atom stereocenters. The van der Waals surface area contributed by atoms with Crippen LogP contribution in [0.1, 0.15) is 47.0 Å². The first kappa shape index (κ1) is 25.8. The summed E-state index contributed by atoms with van der Waals surface area (Å²) in [6.45, 7) is 6.71. The van der Waals surface area contributed by atoms with E-state index in [-0.39, 0.29) is 6.54 Å². The van der Waals surface area contributed by atoms with E-state index in [1.165, 1.54) is 23.6 Å². The van der Waals surface area contributed by atoms with Crippen LogP contribution < -0.4 is 16.8 Å². The van der Waals surface area contributed by atoms with Crippen LogP contribution in [0.3, 0.4) is 0 Å². The fraction of sp³-hybridized carbons (Fsp3) is 0.789. The Hall–Kier alpha value is -2.24. The van der Waals surface area contributed by atoms with Crippen molar-refractivity contribution in [3.05, 3.63) is 0 Å². The molecule has 0 aromatic rings. The first-order valence-corrected chi connectivity index (χ1v) is 10.3. The normalized spacial score (nSPS) is 21.3. The van der Waals surface area contributed by atoms with Gasteiger partial charge in [0.05, 0.1) is 12.2 Å². The third-order valence-electron chi connectivity index (χ3n) is 5.30. The lowest BCUT2D eigenvalue weighted by Crippen LogP contribution is -2.59. The second-order valence-electron chi connectivity index (χ2n) is 7.79. The van der Waals surface area contributed by atoms with E-state index in [9.17, 15) is 29.4 Å². The van der Waals surface area contributed by atoms with Gasteiger partial charge >= 0.3 is 0 Å². The largest absolute Gasteiger partial charge is 0.391 e. The molecule has 30 heavy (non-hydrogen) atoms. The summed E-state index contributed by atoms with van der Waals surface area (Å²) in [6.07, 6.45) is -0.730. The van der Waals surface area contributed by atoms with Crippen molar-refractivity contribution in [3.8, 4) is 0 Å². The molecule has 7 N–H and O–H groups in total. The molecule has 0 saturated carbocycles. The summed E-state index contributed by atoms with van der Waals surface area (Å²) in [7, 11) is 0. The maximum Gasteiger partial charge on any atom is 0.245 e. The molecule has 1 fully saturated rings. The minimum atomic E-state index is -1.27. The number of nitrogens with zero attached hydrogens (tertiary/aromatic N) is 2. The zero-order valence-corrected chi connectivity index (χ0v) is 18.1. The van der Waals surface area contributed by atoms with Crippen LogP contribution in [-0.2, 0) is 19.2 Å². The van der Waals surface area contributed by atoms with Crippen LogP contribution in [0, 0.1) is 0 Å². The van der Waals surface area contributed by atoms with Crippen molar-refractivity contribution < 1.29 is 29.4 Å². The zero-order valence-electron chi connectivity index (χ0n) is 18.1. The van der Waals surface area contributed by atoms with E-state index in [2.05, 4.69) is 5.32 Å². The molecule has 11 nitrogen and oxygen atoms in total. The molecule has 0 spiro atoms. The van der Waals surface area contributed by atoms with Gasteiger partial charge in [-0.15, -0.1) is 0 Å². The molecule has 0 aliphatic carbocycles. The Balaban J connectivity index is 2.99. The number of hydrogen-bond donors (Lipinski definition) is 5. The van der Waals surface area contributed by atoms with Gasteiger partial charge in [0.15, 0.2) is 0 Å². The molecular weight excluding hydrogens is 394 g/mol. The number of aliphatic hydroxyl groups is 2. The Morgan fingerprint density at radius 1 is 1.17 bits per heavy atom. The van der Waals surface area contributed by atoms with Crippen molar-refractivity contribution in [1.82, 2.24) is 15.1 Å². The molecule has 0 aromatic carbocycles. The highest BCUT2D eigenvalue weighted by Gasteiger charge is 2.40. The summed E-state index contributed by atoms with van der Waals surface area (Å²) < 4.78 is 0. The first-order valence-electron chi connectivity index (χ1n) is 10.3. The number of primary amides is 1. The number of aliphatic hydroxyl groups excluding tert-OH is 2. The Bertz CT molecular complexity index is 641. The summed E-state index contributed by atoms with van der Waals surface area (Å²) in [5.41, 5.74) is 11.0.